The molecule has 108 valence electrons. The van der Waals surface area contributed by atoms with E-state index >= 15 is 0 Å². The number of carbonyl (C=O) groups excluding carboxylic acids is 1. The third-order valence-electron chi connectivity index (χ3n) is 3.72. The molecule has 1 fully saturated rings. The van der Waals surface area contributed by atoms with Crippen molar-refractivity contribution in [1.82, 2.24) is 4.90 Å². The average Bonchev–Trinajstić information content (AvgIpc) is 2.94. The maximum Gasteiger partial charge on any atom is 0.246 e. The number of methoxy groups -OCH3 is 1. The molecule has 20 heavy (non-hydrogen) atoms. The van der Waals surface area contributed by atoms with Crippen LogP contribution in [0.25, 0.3) is 6.08 Å². The van der Waals surface area contributed by atoms with Crippen molar-refractivity contribution < 1.29 is 9.53 Å². The van der Waals surface area contributed by atoms with Gasteiger partial charge in [0.15, 0.2) is 0 Å². The van der Waals surface area contributed by atoms with E-state index in [0.717, 1.165) is 36.4 Å². The van der Waals surface area contributed by atoms with Gasteiger partial charge in [-0.3, -0.25) is 4.79 Å². The van der Waals surface area contributed by atoms with Crippen molar-refractivity contribution in [3.05, 3.63) is 35.4 Å². The van der Waals surface area contributed by atoms with Crippen molar-refractivity contribution in [3.63, 3.8) is 0 Å². The van der Waals surface area contributed by atoms with Crippen molar-refractivity contribution in [1.29, 1.82) is 0 Å². The van der Waals surface area contributed by atoms with Gasteiger partial charge in [-0.05, 0) is 44.0 Å². The maximum absolute atomic E-state index is 12.1. The molecule has 4 nitrogen and oxygen atoms in total. The minimum Gasteiger partial charge on any atom is -0.496 e. The van der Waals surface area contributed by atoms with Crippen LogP contribution in [0.5, 0.6) is 5.75 Å². The highest BCUT2D eigenvalue weighted by molar-refractivity contribution is 5.92. The SMILES string of the molecule is COc1ccc(C)cc1/C=C/C(=O)N1CCC(CN)C1. The lowest BCUT2D eigenvalue weighted by Gasteiger charge is -2.13. The molecule has 1 saturated heterocycles. The number of nitrogens with two attached hydrogens (primary N) is 1. The molecule has 0 spiro atoms. The van der Waals surface area contributed by atoms with Gasteiger partial charge in [0.2, 0.25) is 5.91 Å². The van der Waals surface area contributed by atoms with Crippen LogP contribution >= 0.6 is 0 Å². The summed E-state index contributed by atoms with van der Waals surface area (Å²) in [5, 5.41) is 0. The zero-order valence-corrected chi connectivity index (χ0v) is 12.1. The fourth-order valence-electron chi connectivity index (χ4n) is 2.48. The van der Waals surface area contributed by atoms with E-state index in [1.807, 2.05) is 36.1 Å². The van der Waals surface area contributed by atoms with E-state index in [2.05, 4.69) is 0 Å². The van der Waals surface area contributed by atoms with Gasteiger partial charge >= 0.3 is 0 Å². The van der Waals surface area contributed by atoms with Gasteiger partial charge in [-0.15, -0.1) is 0 Å². The number of aryl methyl sites for hydroxylation is 1. The fourth-order valence-corrected chi connectivity index (χ4v) is 2.48. The first-order valence-electron chi connectivity index (χ1n) is 6.95. The van der Waals surface area contributed by atoms with Crippen molar-refractivity contribution in [3.8, 4) is 5.75 Å². The van der Waals surface area contributed by atoms with Gasteiger partial charge in [-0.2, -0.15) is 0 Å². The van der Waals surface area contributed by atoms with Crippen LogP contribution in [-0.2, 0) is 4.79 Å². The number of carbonyl (C=O) groups is 1. The van der Waals surface area contributed by atoms with Crippen molar-refractivity contribution >= 4 is 12.0 Å². The zero-order valence-electron chi connectivity index (χ0n) is 12.1. The minimum absolute atomic E-state index is 0.0458. The molecule has 1 atom stereocenters. The number of amides is 1. The number of rotatable bonds is 4. The Kier molecular flexibility index (Phi) is 4.79. The lowest BCUT2D eigenvalue weighted by molar-refractivity contribution is -0.125. The molecule has 0 aromatic heterocycles. The highest BCUT2D eigenvalue weighted by Crippen LogP contribution is 2.21. The summed E-state index contributed by atoms with van der Waals surface area (Å²) in [4.78, 5) is 14.0. The summed E-state index contributed by atoms with van der Waals surface area (Å²) >= 11 is 0. The number of hydrogen-bond acceptors (Lipinski definition) is 3. The highest BCUT2D eigenvalue weighted by atomic mass is 16.5. The van der Waals surface area contributed by atoms with Gasteiger partial charge in [0.25, 0.3) is 0 Å². The smallest absolute Gasteiger partial charge is 0.246 e. The Morgan fingerprint density at radius 1 is 1.55 bits per heavy atom. The molecule has 1 aromatic rings. The summed E-state index contributed by atoms with van der Waals surface area (Å²) in [5.74, 6) is 1.27. The zero-order chi connectivity index (χ0) is 14.5. The molecule has 2 N–H and O–H groups in total. The summed E-state index contributed by atoms with van der Waals surface area (Å²) in [6.45, 7) is 4.24. The molecule has 1 aromatic carbocycles. The van der Waals surface area contributed by atoms with E-state index in [9.17, 15) is 4.79 Å². The second kappa shape index (κ2) is 6.57. The van der Waals surface area contributed by atoms with Crippen LogP contribution in [0.3, 0.4) is 0 Å². The molecular weight excluding hydrogens is 252 g/mol. The largest absolute Gasteiger partial charge is 0.496 e. The molecule has 1 heterocycles. The summed E-state index contributed by atoms with van der Waals surface area (Å²) in [5.41, 5.74) is 7.71. The number of ether oxygens (including phenoxy) is 1. The van der Waals surface area contributed by atoms with Crippen molar-refractivity contribution in [2.45, 2.75) is 13.3 Å². The van der Waals surface area contributed by atoms with Crippen LogP contribution in [0.4, 0.5) is 0 Å². The Hall–Kier alpha value is -1.81. The maximum atomic E-state index is 12.1. The Labute approximate surface area is 120 Å². The molecule has 0 aliphatic carbocycles. The molecule has 1 aliphatic heterocycles. The number of nitrogens with zero attached hydrogens (tertiary/aromatic N) is 1. The Bertz CT molecular complexity index is 511. The first-order valence-corrected chi connectivity index (χ1v) is 6.95. The van der Waals surface area contributed by atoms with Crippen molar-refractivity contribution in [2.24, 2.45) is 11.7 Å². The van der Waals surface area contributed by atoms with Crippen LogP contribution in [0.2, 0.25) is 0 Å². The first kappa shape index (κ1) is 14.6. The van der Waals surface area contributed by atoms with Crippen LogP contribution in [0.1, 0.15) is 17.5 Å². The van der Waals surface area contributed by atoms with E-state index in [4.69, 9.17) is 10.5 Å². The molecular formula is C16H22N2O2. The van der Waals surface area contributed by atoms with E-state index in [0.29, 0.717) is 12.5 Å². The van der Waals surface area contributed by atoms with Gasteiger partial charge in [0.05, 0.1) is 7.11 Å². The summed E-state index contributed by atoms with van der Waals surface area (Å²) in [6, 6.07) is 5.92. The molecule has 1 amide bonds. The third kappa shape index (κ3) is 3.39. The van der Waals surface area contributed by atoms with E-state index < -0.39 is 0 Å². The molecule has 0 bridgehead atoms. The van der Waals surface area contributed by atoms with Gasteiger partial charge < -0.3 is 15.4 Å². The van der Waals surface area contributed by atoms with Crippen LogP contribution in [-0.4, -0.2) is 37.6 Å². The number of benzene rings is 1. The first-order chi connectivity index (χ1) is 9.63. The lowest BCUT2D eigenvalue weighted by Crippen LogP contribution is -2.28. The second-order valence-corrected chi connectivity index (χ2v) is 5.25. The predicted molar refractivity (Wildman–Crippen MR) is 80.5 cm³/mol. The Balaban J connectivity index is 2.06. The Morgan fingerprint density at radius 3 is 3.00 bits per heavy atom. The molecule has 1 aliphatic rings. The standard InChI is InChI=1S/C16H22N2O2/c1-12-3-5-15(20-2)14(9-12)4-6-16(19)18-8-7-13(10-17)11-18/h3-6,9,13H,7-8,10-11,17H2,1-2H3/b6-4+. The molecule has 0 saturated carbocycles. The lowest BCUT2D eigenvalue weighted by atomic mass is 10.1. The van der Waals surface area contributed by atoms with Crippen LogP contribution in [0, 0.1) is 12.8 Å². The topological polar surface area (TPSA) is 55.6 Å². The van der Waals surface area contributed by atoms with E-state index in [1.165, 1.54) is 0 Å². The fraction of sp³-hybridized carbons (Fsp3) is 0.438. The third-order valence-corrected chi connectivity index (χ3v) is 3.72. The van der Waals surface area contributed by atoms with Gasteiger partial charge in [-0.1, -0.05) is 11.6 Å². The van der Waals surface area contributed by atoms with E-state index in [1.54, 1.807) is 13.2 Å². The molecule has 4 heteroatoms. The number of hydrogen-bond donors (Lipinski definition) is 1. The predicted octanol–water partition coefficient (Wildman–Crippen LogP) is 1.82. The average molecular weight is 274 g/mol. The summed E-state index contributed by atoms with van der Waals surface area (Å²) in [6.07, 6.45) is 4.45. The second-order valence-electron chi connectivity index (χ2n) is 5.25. The normalized spacial score (nSPS) is 18.8. The highest BCUT2D eigenvalue weighted by Gasteiger charge is 2.23. The monoisotopic (exact) mass is 274 g/mol. The van der Waals surface area contributed by atoms with Gasteiger partial charge in [0.1, 0.15) is 5.75 Å². The molecule has 0 radical (unpaired) electrons. The van der Waals surface area contributed by atoms with Crippen molar-refractivity contribution in [2.75, 3.05) is 26.7 Å². The van der Waals surface area contributed by atoms with Crippen LogP contribution < -0.4 is 10.5 Å². The van der Waals surface area contributed by atoms with Crippen LogP contribution in [0.15, 0.2) is 24.3 Å². The summed E-state index contributed by atoms with van der Waals surface area (Å²) in [7, 11) is 1.64. The molecule has 1 unspecified atom stereocenters. The van der Waals surface area contributed by atoms with E-state index in [-0.39, 0.29) is 5.91 Å². The number of likely N-dealkylation sites (tertiary alicyclic amines) is 1. The Morgan fingerprint density at radius 2 is 2.35 bits per heavy atom. The van der Waals surface area contributed by atoms with Gasteiger partial charge in [0, 0.05) is 24.7 Å². The molecule has 2 rings (SSSR count). The van der Waals surface area contributed by atoms with Gasteiger partial charge in [-0.25, -0.2) is 0 Å². The minimum atomic E-state index is 0.0458. The summed E-state index contributed by atoms with van der Waals surface area (Å²) < 4.78 is 5.30. The quantitative estimate of drug-likeness (QED) is 0.852.